The Hall–Kier alpha value is -1.10. The third kappa shape index (κ3) is 2.29. The molecule has 2 aromatic rings. The lowest BCUT2D eigenvalue weighted by Crippen LogP contribution is -2.08. The smallest absolute Gasteiger partial charge is 0.143 e. The van der Waals surface area contributed by atoms with Gasteiger partial charge in [0.25, 0.3) is 0 Å². The maximum atomic E-state index is 13.1. The van der Waals surface area contributed by atoms with Crippen molar-refractivity contribution in [2.24, 2.45) is 7.05 Å². The molecule has 0 aliphatic heterocycles. The van der Waals surface area contributed by atoms with E-state index in [1.165, 1.54) is 29.0 Å². The molecule has 1 N–H and O–H groups in total. The zero-order valence-corrected chi connectivity index (χ0v) is 10.4. The van der Waals surface area contributed by atoms with Crippen LogP contribution in [0.1, 0.15) is 17.5 Å². The first kappa shape index (κ1) is 12.4. The third-order valence-electron chi connectivity index (χ3n) is 2.46. The van der Waals surface area contributed by atoms with Gasteiger partial charge in [-0.25, -0.2) is 9.37 Å². The molecule has 17 heavy (non-hydrogen) atoms. The second-order valence-electron chi connectivity index (χ2n) is 3.57. The molecule has 0 fully saturated rings. The van der Waals surface area contributed by atoms with E-state index in [-0.39, 0.29) is 10.6 Å². The molecule has 0 amide bonds. The SMILES string of the molecule is Cn1c(Cl)cnc1C(O)c1cc(F)ccc1Cl. The largest absolute Gasteiger partial charge is 0.380 e. The molecule has 3 nitrogen and oxygen atoms in total. The van der Waals surface area contributed by atoms with Crippen LogP contribution in [0.2, 0.25) is 10.2 Å². The molecule has 1 aromatic carbocycles. The van der Waals surface area contributed by atoms with Crippen molar-refractivity contribution in [2.45, 2.75) is 6.10 Å². The molecule has 0 aliphatic carbocycles. The Morgan fingerprint density at radius 2 is 2.12 bits per heavy atom. The number of halogens is 3. The molecule has 0 radical (unpaired) electrons. The minimum absolute atomic E-state index is 0.261. The molecule has 1 heterocycles. The lowest BCUT2D eigenvalue weighted by Gasteiger charge is -2.12. The van der Waals surface area contributed by atoms with E-state index < -0.39 is 11.9 Å². The van der Waals surface area contributed by atoms with Gasteiger partial charge in [0.2, 0.25) is 0 Å². The van der Waals surface area contributed by atoms with E-state index in [4.69, 9.17) is 23.2 Å². The van der Waals surface area contributed by atoms with Crippen LogP contribution in [-0.4, -0.2) is 14.7 Å². The van der Waals surface area contributed by atoms with Crippen LogP contribution in [0, 0.1) is 5.82 Å². The first-order valence-electron chi connectivity index (χ1n) is 4.81. The van der Waals surface area contributed by atoms with Gasteiger partial charge in [-0.05, 0) is 18.2 Å². The van der Waals surface area contributed by atoms with Crippen LogP contribution >= 0.6 is 23.2 Å². The Kier molecular flexibility index (Phi) is 3.38. The van der Waals surface area contributed by atoms with Crippen LogP contribution in [0.15, 0.2) is 24.4 Å². The molecule has 2 rings (SSSR count). The standard InChI is InChI=1S/C11H9Cl2FN2O/c1-16-9(13)5-15-11(16)10(17)7-4-6(14)2-3-8(7)12/h2-5,10,17H,1H3. The van der Waals surface area contributed by atoms with Gasteiger partial charge in [0.1, 0.15) is 22.9 Å². The lowest BCUT2D eigenvalue weighted by atomic mass is 10.1. The molecule has 1 atom stereocenters. The second kappa shape index (κ2) is 4.64. The average molecular weight is 275 g/mol. The summed E-state index contributed by atoms with van der Waals surface area (Å²) in [6, 6.07) is 3.79. The van der Waals surface area contributed by atoms with Crippen molar-refractivity contribution in [2.75, 3.05) is 0 Å². The highest BCUT2D eigenvalue weighted by Crippen LogP contribution is 2.29. The van der Waals surface area contributed by atoms with Crippen molar-refractivity contribution in [3.8, 4) is 0 Å². The predicted molar refractivity (Wildman–Crippen MR) is 63.7 cm³/mol. The summed E-state index contributed by atoms with van der Waals surface area (Å²) in [6.45, 7) is 0. The number of rotatable bonds is 2. The van der Waals surface area contributed by atoms with Gasteiger partial charge in [0.05, 0.1) is 6.20 Å². The summed E-state index contributed by atoms with van der Waals surface area (Å²) in [7, 11) is 1.65. The Labute approximate surface area is 107 Å². The quantitative estimate of drug-likeness (QED) is 0.915. The van der Waals surface area contributed by atoms with Crippen LogP contribution in [0.5, 0.6) is 0 Å². The molecule has 0 aliphatic rings. The topological polar surface area (TPSA) is 38.0 Å². The molecule has 0 saturated carbocycles. The van der Waals surface area contributed by atoms with Gasteiger partial charge in [-0.3, -0.25) is 0 Å². The second-order valence-corrected chi connectivity index (χ2v) is 4.36. The van der Waals surface area contributed by atoms with Gasteiger partial charge in [-0.15, -0.1) is 0 Å². The Bertz CT molecular complexity index is 556. The van der Waals surface area contributed by atoms with E-state index in [1.54, 1.807) is 7.05 Å². The molecule has 0 saturated heterocycles. The van der Waals surface area contributed by atoms with Crippen LogP contribution in [0.4, 0.5) is 4.39 Å². The van der Waals surface area contributed by atoms with E-state index in [1.807, 2.05) is 0 Å². The predicted octanol–water partition coefficient (Wildman–Crippen LogP) is 2.95. The van der Waals surface area contributed by atoms with E-state index in [0.717, 1.165) is 0 Å². The zero-order chi connectivity index (χ0) is 12.6. The summed E-state index contributed by atoms with van der Waals surface area (Å²) < 4.78 is 14.6. The van der Waals surface area contributed by atoms with Crippen LogP contribution in [-0.2, 0) is 7.05 Å². The summed E-state index contributed by atoms with van der Waals surface area (Å²) >= 11 is 11.7. The van der Waals surface area contributed by atoms with Gasteiger partial charge in [-0.2, -0.15) is 0 Å². The molecule has 0 spiro atoms. The number of hydrogen-bond donors (Lipinski definition) is 1. The minimum Gasteiger partial charge on any atom is -0.380 e. The summed E-state index contributed by atoms with van der Waals surface area (Å²) in [6.07, 6.45) is 0.295. The number of aliphatic hydroxyl groups excluding tert-OH is 1. The van der Waals surface area contributed by atoms with E-state index >= 15 is 0 Å². The molecule has 6 heteroatoms. The average Bonchev–Trinajstić information content (AvgIpc) is 2.62. The Balaban J connectivity index is 2.47. The zero-order valence-electron chi connectivity index (χ0n) is 8.86. The normalized spacial score (nSPS) is 12.8. The number of benzene rings is 1. The number of imidazole rings is 1. The van der Waals surface area contributed by atoms with Crippen LogP contribution < -0.4 is 0 Å². The molecular formula is C11H9Cl2FN2O. The highest BCUT2D eigenvalue weighted by atomic mass is 35.5. The van der Waals surface area contributed by atoms with Crippen LogP contribution in [0.25, 0.3) is 0 Å². The Morgan fingerprint density at radius 3 is 2.71 bits per heavy atom. The highest BCUT2D eigenvalue weighted by Gasteiger charge is 2.19. The molecule has 1 unspecified atom stereocenters. The van der Waals surface area contributed by atoms with Crippen molar-refractivity contribution in [3.05, 3.63) is 51.8 Å². The summed E-state index contributed by atoms with van der Waals surface area (Å²) in [5, 5.41) is 10.8. The van der Waals surface area contributed by atoms with E-state index in [9.17, 15) is 9.50 Å². The minimum atomic E-state index is -1.12. The molecule has 0 bridgehead atoms. The fourth-order valence-corrected chi connectivity index (χ4v) is 1.88. The monoisotopic (exact) mass is 274 g/mol. The maximum Gasteiger partial charge on any atom is 0.143 e. The van der Waals surface area contributed by atoms with Gasteiger partial charge < -0.3 is 9.67 Å². The summed E-state index contributed by atoms with van der Waals surface area (Å²) in [5.74, 6) is -0.161. The lowest BCUT2D eigenvalue weighted by molar-refractivity contribution is 0.206. The number of hydrogen-bond acceptors (Lipinski definition) is 2. The van der Waals surface area contributed by atoms with Crippen molar-refractivity contribution in [3.63, 3.8) is 0 Å². The number of aromatic nitrogens is 2. The van der Waals surface area contributed by atoms with Crippen molar-refractivity contribution in [1.82, 2.24) is 9.55 Å². The van der Waals surface area contributed by atoms with Gasteiger partial charge in [0, 0.05) is 17.6 Å². The summed E-state index contributed by atoms with van der Waals surface area (Å²) in [4.78, 5) is 3.96. The summed E-state index contributed by atoms with van der Waals surface area (Å²) in [5.41, 5.74) is 0.261. The van der Waals surface area contributed by atoms with Gasteiger partial charge >= 0.3 is 0 Å². The number of nitrogens with zero attached hydrogens (tertiary/aromatic N) is 2. The van der Waals surface area contributed by atoms with Crippen molar-refractivity contribution in [1.29, 1.82) is 0 Å². The molecule has 1 aromatic heterocycles. The van der Waals surface area contributed by atoms with Crippen LogP contribution in [0.3, 0.4) is 0 Å². The Morgan fingerprint density at radius 1 is 1.41 bits per heavy atom. The molecule has 90 valence electrons. The maximum absolute atomic E-state index is 13.1. The number of aliphatic hydroxyl groups is 1. The van der Waals surface area contributed by atoms with E-state index in [0.29, 0.717) is 11.0 Å². The van der Waals surface area contributed by atoms with Crippen molar-refractivity contribution < 1.29 is 9.50 Å². The molecular weight excluding hydrogens is 266 g/mol. The third-order valence-corrected chi connectivity index (χ3v) is 3.16. The fourth-order valence-electron chi connectivity index (χ4n) is 1.52. The van der Waals surface area contributed by atoms with E-state index in [2.05, 4.69) is 4.98 Å². The van der Waals surface area contributed by atoms with Crippen molar-refractivity contribution >= 4 is 23.2 Å². The first-order valence-corrected chi connectivity index (χ1v) is 5.56. The van der Waals surface area contributed by atoms with Gasteiger partial charge in [-0.1, -0.05) is 23.2 Å². The highest BCUT2D eigenvalue weighted by molar-refractivity contribution is 6.31. The fraction of sp³-hybridized carbons (Fsp3) is 0.182. The van der Waals surface area contributed by atoms with Gasteiger partial charge in [0.15, 0.2) is 0 Å². The first-order chi connectivity index (χ1) is 8.00.